The Bertz CT molecular complexity index is 558. The van der Waals surface area contributed by atoms with Crippen molar-refractivity contribution in [3.05, 3.63) is 0 Å². The highest BCUT2D eigenvalue weighted by Gasteiger charge is 2.50. The summed E-state index contributed by atoms with van der Waals surface area (Å²) in [7, 11) is -3.13. The van der Waals surface area contributed by atoms with Gasteiger partial charge in [0.2, 0.25) is 5.91 Å². The molecule has 1 N–H and O–H groups in total. The lowest BCUT2D eigenvalue weighted by Crippen LogP contribution is -2.48. The highest BCUT2D eigenvalue weighted by Crippen LogP contribution is 2.41. The zero-order valence-corrected chi connectivity index (χ0v) is 12.7. The minimum atomic E-state index is -3.13. The van der Waals surface area contributed by atoms with E-state index >= 15 is 0 Å². The van der Waals surface area contributed by atoms with Crippen LogP contribution in [0.15, 0.2) is 0 Å². The van der Waals surface area contributed by atoms with Crippen LogP contribution in [0, 0.1) is 11.8 Å². The molecule has 1 amide bonds. The van der Waals surface area contributed by atoms with Gasteiger partial charge in [-0.1, -0.05) is 12.8 Å². The van der Waals surface area contributed by atoms with Crippen LogP contribution in [-0.2, 0) is 19.4 Å². The molecule has 3 rings (SSSR count). The van der Waals surface area contributed by atoms with E-state index in [4.69, 9.17) is 0 Å². The summed E-state index contributed by atoms with van der Waals surface area (Å²) >= 11 is 0. The molecule has 0 unspecified atom stereocenters. The van der Waals surface area contributed by atoms with Gasteiger partial charge in [-0.15, -0.1) is 0 Å². The van der Waals surface area contributed by atoms with Crippen molar-refractivity contribution in [2.24, 2.45) is 11.8 Å². The van der Waals surface area contributed by atoms with Gasteiger partial charge >= 0.3 is 5.97 Å². The number of carboxylic acid groups (broad SMARTS) is 1. The van der Waals surface area contributed by atoms with Crippen molar-refractivity contribution < 1.29 is 23.1 Å². The average Bonchev–Trinajstić information content (AvgIpc) is 2.98. The Morgan fingerprint density at radius 1 is 1.10 bits per heavy atom. The van der Waals surface area contributed by atoms with Crippen LogP contribution in [0.2, 0.25) is 0 Å². The first-order valence-corrected chi connectivity index (χ1v) is 9.46. The fourth-order valence-corrected chi connectivity index (χ4v) is 5.93. The number of sulfone groups is 1. The molecule has 2 heterocycles. The molecule has 0 radical (unpaired) electrons. The van der Waals surface area contributed by atoms with E-state index in [0.717, 1.165) is 25.7 Å². The highest BCUT2D eigenvalue weighted by molar-refractivity contribution is 7.91. The Balaban J connectivity index is 1.83. The Kier molecular flexibility index (Phi) is 3.71. The van der Waals surface area contributed by atoms with E-state index in [1.165, 1.54) is 4.90 Å². The molecule has 0 bridgehead atoms. The topological polar surface area (TPSA) is 91.8 Å². The average molecular weight is 315 g/mol. The minimum absolute atomic E-state index is 0.00402. The smallest absolute Gasteiger partial charge is 0.326 e. The summed E-state index contributed by atoms with van der Waals surface area (Å²) in [4.78, 5) is 25.7. The number of carbonyl (C=O) groups is 2. The number of hydrogen-bond donors (Lipinski definition) is 1. The molecule has 2 aliphatic heterocycles. The predicted octanol–water partition coefficient (Wildman–Crippen LogP) is 0.665. The molecule has 21 heavy (non-hydrogen) atoms. The van der Waals surface area contributed by atoms with E-state index in [1.807, 2.05) is 0 Å². The molecule has 118 valence electrons. The van der Waals surface area contributed by atoms with Crippen LogP contribution in [0.25, 0.3) is 0 Å². The zero-order chi connectivity index (χ0) is 15.2. The summed E-state index contributed by atoms with van der Waals surface area (Å²) in [5.41, 5.74) is 0. The van der Waals surface area contributed by atoms with Crippen LogP contribution < -0.4 is 0 Å². The van der Waals surface area contributed by atoms with Crippen LogP contribution in [0.4, 0.5) is 0 Å². The Hall–Kier alpha value is -1.11. The molecule has 0 aromatic heterocycles. The molecule has 4 atom stereocenters. The van der Waals surface area contributed by atoms with Crippen LogP contribution in [-0.4, -0.2) is 53.9 Å². The van der Waals surface area contributed by atoms with Crippen LogP contribution in [0.1, 0.15) is 38.5 Å². The normalized spacial score (nSPS) is 38.2. The van der Waals surface area contributed by atoms with Crippen molar-refractivity contribution in [3.63, 3.8) is 0 Å². The summed E-state index contributed by atoms with van der Waals surface area (Å²) in [6.07, 6.45) is 4.78. The number of aliphatic carboxylic acids is 1. The summed E-state index contributed by atoms with van der Waals surface area (Å²) in [5.74, 6) is -1.56. The second-order valence-electron chi connectivity index (χ2n) is 6.55. The minimum Gasteiger partial charge on any atom is -0.480 e. The Morgan fingerprint density at radius 3 is 2.43 bits per heavy atom. The van der Waals surface area contributed by atoms with Crippen molar-refractivity contribution in [3.8, 4) is 0 Å². The molecule has 6 nitrogen and oxygen atoms in total. The van der Waals surface area contributed by atoms with E-state index in [0.29, 0.717) is 12.8 Å². The number of amides is 1. The fraction of sp³-hybridized carbons (Fsp3) is 0.857. The third kappa shape index (κ3) is 2.67. The van der Waals surface area contributed by atoms with Gasteiger partial charge in [0.15, 0.2) is 9.84 Å². The lowest BCUT2D eigenvalue weighted by molar-refractivity contribution is -0.151. The number of carboxylic acids is 1. The number of carbonyl (C=O) groups excluding carboxylic acids is 1. The van der Waals surface area contributed by atoms with E-state index in [-0.39, 0.29) is 29.4 Å². The molecular weight excluding hydrogens is 294 g/mol. The molecule has 0 spiro atoms. The van der Waals surface area contributed by atoms with Gasteiger partial charge < -0.3 is 10.0 Å². The maximum absolute atomic E-state index is 12.7. The van der Waals surface area contributed by atoms with Crippen molar-refractivity contribution in [2.45, 2.75) is 50.6 Å². The first-order chi connectivity index (χ1) is 9.89. The summed E-state index contributed by atoms with van der Waals surface area (Å²) < 4.78 is 23.1. The SMILES string of the molecule is O=C(O)[C@@H]1C[C@@H]2CCCC[C@H]2N1C(=O)[C@@H]1CCS(=O)(=O)C1. The van der Waals surface area contributed by atoms with Crippen molar-refractivity contribution in [1.29, 1.82) is 0 Å². The predicted molar refractivity (Wildman–Crippen MR) is 75.4 cm³/mol. The molecule has 1 aliphatic carbocycles. The monoisotopic (exact) mass is 315 g/mol. The third-order valence-electron chi connectivity index (χ3n) is 5.21. The Morgan fingerprint density at radius 2 is 1.81 bits per heavy atom. The molecular formula is C14H21NO5S. The van der Waals surface area contributed by atoms with E-state index in [2.05, 4.69) is 0 Å². The maximum Gasteiger partial charge on any atom is 0.326 e. The van der Waals surface area contributed by atoms with Crippen molar-refractivity contribution in [2.75, 3.05) is 11.5 Å². The second kappa shape index (κ2) is 5.26. The largest absolute Gasteiger partial charge is 0.480 e. The van der Waals surface area contributed by atoms with Gasteiger partial charge in [-0.05, 0) is 31.6 Å². The van der Waals surface area contributed by atoms with E-state index in [9.17, 15) is 23.1 Å². The summed E-state index contributed by atoms with van der Waals surface area (Å²) in [6.45, 7) is 0. The molecule has 0 aromatic rings. The van der Waals surface area contributed by atoms with E-state index < -0.39 is 27.8 Å². The summed E-state index contributed by atoms with van der Waals surface area (Å²) in [6, 6.07) is -0.774. The van der Waals surface area contributed by atoms with Gasteiger partial charge in [0.1, 0.15) is 6.04 Å². The second-order valence-corrected chi connectivity index (χ2v) is 8.78. The van der Waals surface area contributed by atoms with Crippen molar-refractivity contribution >= 4 is 21.7 Å². The first kappa shape index (κ1) is 14.8. The molecule has 2 saturated heterocycles. The highest BCUT2D eigenvalue weighted by atomic mass is 32.2. The van der Waals surface area contributed by atoms with Gasteiger partial charge in [-0.2, -0.15) is 0 Å². The van der Waals surface area contributed by atoms with Gasteiger partial charge in [0, 0.05) is 6.04 Å². The Labute approximate surface area is 124 Å². The fourth-order valence-electron chi connectivity index (χ4n) is 4.20. The lowest BCUT2D eigenvalue weighted by atomic mass is 9.84. The van der Waals surface area contributed by atoms with Gasteiger partial charge in [-0.3, -0.25) is 4.79 Å². The number of hydrogen-bond acceptors (Lipinski definition) is 4. The number of rotatable bonds is 2. The number of nitrogens with zero attached hydrogens (tertiary/aromatic N) is 1. The van der Waals surface area contributed by atoms with Crippen LogP contribution in [0.5, 0.6) is 0 Å². The van der Waals surface area contributed by atoms with Gasteiger partial charge in [0.05, 0.1) is 17.4 Å². The van der Waals surface area contributed by atoms with Gasteiger partial charge in [-0.25, -0.2) is 13.2 Å². The lowest BCUT2D eigenvalue weighted by Gasteiger charge is -2.34. The molecule has 1 saturated carbocycles. The van der Waals surface area contributed by atoms with E-state index in [1.54, 1.807) is 0 Å². The zero-order valence-electron chi connectivity index (χ0n) is 11.9. The first-order valence-electron chi connectivity index (χ1n) is 7.64. The quantitative estimate of drug-likeness (QED) is 0.808. The third-order valence-corrected chi connectivity index (χ3v) is 6.98. The number of likely N-dealkylation sites (tertiary alicyclic amines) is 1. The number of fused-ring (bicyclic) bond motifs is 1. The van der Waals surface area contributed by atoms with Gasteiger partial charge in [0.25, 0.3) is 0 Å². The van der Waals surface area contributed by atoms with Crippen molar-refractivity contribution in [1.82, 2.24) is 4.90 Å². The molecule has 7 heteroatoms. The standard InChI is InChI=1S/C14H21NO5S/c16-13(10-5-6-21(19,20)8-10)15-11-4-2-1-3-9(11)7-12(15)14(17)18/h9-12H,1-8H2,(H,17,18)/t9-,10+,11+,12-/m0/s1. The molecule has 3 fully saturated rings. The van der Waals surface area contributed by atoms with Crippen LogP contribution in [0.3, 0.4) is 0 Å². The maximum atomic E-state index is 12.7. The van der Waals surface area contributed by atoms with Crippen LogP contribution >= 0.6 is 0 Å². The summed E-state index contributed by atoms with van der Waals surface area (Å²) in [5, 5.41) is 9.41. The molecule has 3 aliphatic rings. The molecule has 0 aromatic carbocycles.